The summed E-state index contributed by atoms with van der Waals surface area (Å²) in [7, 11) is 3.16. The Balaban J connectivity index is 1.67. The molecule has 0 spiro atoms. The van der Waals surface area contributed by atoms with Crippen LogP contribution in [-0.4, -0.2) is 25.9 Å². The first-order valence-electron chi connectivity index (χ1n) is 12.4. The molecule has 182 valence electrons. The van der Waals surface area contributed by atoms with E-state index < -0.39 is 5.92 Å². The van der Waals surface area contributed by atoms with Crippen LogP contribution < -0.4 is 14.4 Å². The summed E-state index contributed by atoms with van der Waals surface area (Å²) in [6.07, 6.45) is 8.34. The number of Topliss-reactive ketones (excluding diaryl/α,β-unsaturated/α-hetero) is 1. The highest BCUT2D eigenvalue weighted by Crippen LogP contribution is 2.50. The van der Waals surface area contributed by atoms with E-state index in [0.29, 0.717) is 46.9 Å². The fourth-order valence-electron chi connectivity index (χ4n) is 5.86. The first-order chi connectivity index (χ1) is 17.1. The van der Waals surface area contributed by atoms with Gasteiger partial charge in [-0.1, -0.05) is 25.0 Å². The second-order valence-corrected chi connectivity index (χ2v) is 10.5. The van der Waals surface area contributed by atoms with Crippen molar-refractivity contribution in [1.82, 2.24) is 0 Å². The minimum atomic E-state index is -0.391. The first kappa shape index (κ1) is 23.6. The molecule has 0 radical (unpaired) electrons. The molecule has 1 aromatic carbocycles. The van der Waals surface area contributed by atoms with Crippen LogP contribution in [0.4, 0.5) is 5.00 Å². The molecule has 0 N–H and O–H groups in total. The summed E-state index contributed by atoms with van der Waals surface area (Å²) in [6, 6.07) is 8.03. The summed E-state index contributed by atoms with van der Waals surface area (Å²) < 4.78 is 11.2. The number of carbonyl (C=O) groups is 2. The van der Waals surface area contributed by atoms with Gasteiger partial charge in [-0.05, 0) is 50.2 Å². The van der Waals surface area contributed by atoms with E-state index in [0.717, 1.165) is 42.5 Å². The lowest BCUT2D eigenvalue weighted by molar-refractivity contribution is -0.119. The van der Waals surface area contributed by atoms with E-state index in [1.807, 2.05) is 18.2 Å². The predicted octanol–water partition coefficient (Wildman–Crippen LogP) is 5.82. The number of aryl methyl sites for hydroxylation is 1. The summed E-state index contributed by atoms with van der Waals surface area (Å²) in [5.74, 6) is 0.752. The van der Waals surface area contributed by atoms with Gasteiger partial charge in [0, 0.05) is 40.5 Å². The van der Waals surface area contributed by atoms with E-state index in [-0.39, 0.29) is 18.1 Å². The number of hydrogen-bond donors (Lipinski definition) is 0. The van der Waals surface area contributed by atoms with Crippen molar-refractivity contribution in [1.29, 1.82) is 5.26 Å². The van der Waals surface area contributed by atoms with Gasteiger partial charge in [0.15, 0.2) is 17.3 Å². The third-order valence-corrected chi connectivity index (χ3v) is 8.73. The fraction of sp³-hybridized carbons (Fsp3) is 0.464. The van der Waals surface area contributed by atoms with Crippen molar-refractivity contribution in [3.05, 3.63) is 51.0 Å². The molecule has 0 saturated carbocycles. The molecule has 1 atom stereocenters. The maximum absolute atomic E-state index is 13.8. The Bertz CT molecular complexity index is 1250. The van der Waals surface area contributed by atoms with Crippen molar-refractivity contribution in [3.63, 3.8) is 0 Å². The second-order valence-electron chi connectivity index (χ2n) is 9.42. The van der Waals surface area contributed by atoms with Gasteiger partial charge in [0.1, 0.15) is 11.1 Å². The Morgan fingerprint density at radius 1 is 1.00 bits per heavy atom. The second kappa shape index (κ2) is 9.87. The number of amides is 1. The zero-order valence-corrected chi connectivity index (χ0v) is 21.1. The average Bonchev–Trinajstić information content (AvgIpc) is 3.18. The van der Waals surface area contributed by atoms with Gasteiger partial charge in [0.05, 0.1) is 19.8 Å². The number of thiophene rings is 1. The van der Waals surface area contributed by atoms with Gasteiger partial charge >= 0.3 is 0 Å². The Hall–Kier alpha value is -3.11. The van der Waals surface area contributed by atoms with Crippen LogP contribution in [-0.2, 0) is 22.4 Å². The summed E-state index contributed by atoms with van der Waals surface area (Å²) in [5.41, 5.74) is 3.98. The van der Waals surface area contributed by atoms with E-state index in [4.69, 9.17) is 9.47 Å². The Morgan fingerprint density at radius 3 is 2.54 bits per heavy atom. The van der Waals surface area contributed by atoms with Gasteiger partial charge in [-0.3, -0.25) is 14.5 Å². The van der Waals surface area contributed by atoms with Crippen molar-refractivity contribution in [2.24, 2.45) is 0 Å². The summed E-state index contributed by atoms with van der Waals surface area (Å²) >= 11 is 1.58. The molecule has 2 aliphatic carbocycles. The molecule has 1 aliphatic heterocycles. The number of fused-ring (bicyclic) bond motifs is 1. The largest absolute Gasteiger partial charge is 0.493 e. The predicted molar refractivity (Wildman–Crippen MR) is 135 cm³/mol. The molecule has 1 amide bonds. The van der Waals surface area contributed by atoms with Crippen LogP contribution in [0.15, 0.2) is 29.5 Å². The zero-order chi connectivity index (χ0) is 24.5. The first-order valence-corrected chi connectivity index (χ1v) is 13.2. The Kier molecular flexibility index (Phi) is 6.66. The van der Waals surface area contributed by atoms with Crippen LogP contribution >= 0.6 is 11.3 Å². The Morgan fingerprint density at radius 2 is 1.80 bits per heavy atom. The van der Waals surface area contributed by atoms with Gasteiger partial charge in [-0.15, -0.1) is 11.3 Å². The summed E-state index contributed by atoms with van der Waals surface area (Å²) in [5, 5.41) is 10.9. The SMILES string of the molecule is COc1cccc(C2CC(=O)N(c3sc4c(c3C#N)CCCCCC4)C3=C2C(=O)CCC3)c1OC. The molecular formula is C28H30N2O4S. The van der Waals surface area contributed by atoms with Crippen molar-refractivity contribution in [3.8, 4) is 17.6 Å². The number of anilines is 1. The minimum Gasteiger partial charge on any atom is -0.493 e. The highest BCUT2D eigenvalue weighted by molar-refractivity contribution is 7.16. The number of nitriles is 1. The van der Waals surface area contributed by atoms with Crippen LogP contribution in [0, 0.1) is 11.3 Å². The minimum absolute atomic E-state index is 0.0703. The number of rotatable bonds is 4. The summed E-state index contributed by atoms with van der Waals surface area (Å²) in [4.78, 5) is 30.1. The monoisotopic (exact) mass is 490 g/mol. The average molecular weight is 491 g/mol. The van der Waals surface area contributed by atoms with Crippen LogP contribution in [0.25, 0.3) is 0 Å². The molecule has 0 fully saturated rings. The Labute approximate surface area is 210 Å². The lowest BCUT2D eigenvalue weighted by atomic mass is 9.77. The molecule has 5 rings (SSSR count). The third kappa shape index (κ3) is 4.04. The smallest absolute Gasteiger partial charge is 0.232 e. The lowest BCUT2D eigenvalue weighted by Gasteiger charge is -2.38. The van der Waals surface area contributed by atoms with Crippen LogP contribution in [0.5, 0.6) is 11.5 Å². The maximum atomic E-state index is 13.8. The van der Waals surface area contributed by atoms with Gasteiger partial charge in [0.2, 0.25) is 5.91 Å². The standard InChI is InChI=1S/C28H30N2O4S/c1-33-23-13-7-10-18(27(23)34-2)19-15-25(32)30(21-11-8-12-22(31)26(19)21)28-20(16-29)17-9-5-3-4-6-14-24(17)35-28/h7,10,13,19H,3-6,8-9,11-12,14-15H2,1-2H3. The number of hydrogen-bond acceptors (Lipinski definition) is 6. The number of para-hydroxylation sites is 1. The molecule has 3 aliphatic rings. The van der Waals surface area contributed by atoms with Crippen molar-refractivity contribution < 1.29 is 19.1 Å². The van der Waals surface area contributed by atoms with Crippen molar-refractivity contribution in [2.75, 3.05) is 19.1 Å². The topological polar surface area (TPSA) is 79.6 Å². The normalized spacial score (nSPS) is 20.5. The van der Waals surface area contributed by atoms with Gasteiger partial charge in [0.25, 0.3) is 0 Å². The molecule has 1 unspecified atom stereocenters. The van der Waals surface area contributed by atoms with Crippen LogP contribution in [0.1, 0.15) is 78.9 Å². The highest BCUT2D eigenvalue weighted by atomic mass is 32.1. The van der Waals surface area contributed by atoms with Gasteiger partial charge < -0.3 is 9.47 Å². The number of nitrogens with zero attached hydrogens (tertiary/aromatic N) is 2. The van der Waals surface area contributed by atoms with Gasteiger partial charge in [-0.25, -0.2) is 0 Å². The van der Waals surface area contributed by atoms with Crippen LogP contribution in [0.2, 0.25) is 0 Å². The number of benzene rings is 1. The molecular weight excluding hydrogens is 460 g/mol. The maximum Gasteiger partial charge on any atom is 0.232 e. The van der Waals surface area contributed by atoms with Gasteiger partial charge in [-0.2, -0.15) is 5.26 Å². The molecule has 2 aromatic rings. The van der Waals surface area contributed by atoms with Crippen LogP contribution in [0.3, 0.4) is 0 Å². The molecule has 7 heteroatoms. The van der Waals surface area contributed by atoms with Crippen molar-refractivity contribution >= 4 is 28.0 Å². The molecule has 35 heavy (non-hydrogen) atoms. The zero-order valence-electron chi connectivity index (χ0n) is 20.3. The molecule has 0 saturated heterocycles. The number of allylic oxidation sites excluding steroid dienone is 2. The van der Waals surface area contributed by atoms with E-state index in [1.54, 1.807) is 30.5 Å². The van der Waals surface area contributed by atoms with E-state index in [9.17, 15) is 14.9 Å². The molecule has 1 aromatic heterocycles. The quantitative estimate of drug-likeness (QED) is 0.539. The lowest BCUT2D eigenvalue weighted by Crippen LogP contribution is -2.40. The van der Waals surface area contributed by atoms with E-state index in [2.05, 4.69) is 6.07 Å². The number of ketones is 1. The third-order valence-electron chi connectivity index (χ3n) is 7.45. The van der Waals surface area contributed by atoms with E-state index in [1.165, 1.54) is 17.7 Å². The van der Waals surface area contributed by atoms with E-state index >= 15 is 0 Å². The molecule has 6 nitrogen and oxygen atoms in total. The number of carbonyl (C=O) groups excluding carboxylic acids is 2. The summed E-state index contributed by atoms with van der Waals surface area (Å²) in [6.45, 7) is 0. The highest BCUT2D eigenvalue weighted by Gasteiger charge is 2.42. The fourth-order valence-corrected chi connectivity index (χ4v) is 7.24. The molecule has 0 bridgehead atoms. The number of ether oxygens (including phenoxy) is 2. The van der Waals surface area contributed by atoms with Crippen molar-refractivity contribution in [2.45, 2.75) is 70.1 Å². The molecule has 2 heterocycles. The number of methoxy groups -OCH3 is 2.